The van der Waals surface area contributed by atoms with Crippen molar-refractivity contribution < 1.29 is 28.1 Å². The highest BCUT2D eigenvalue weighted by Crippen LogP contribution is 2.90. The Kier molecular flexibility index (Phi) is 5.81. The molecule has 0 aromatic rings. The Bertz CT molecular complexity index is 1140. The van der Waals surface area contributed by atoms with Crippen LogP contribution in [-0.2, 0) is 19.5 Å². The van der Waals surface area contributed by atoms with Crippen molar-refractivity contribution >= 4 is 10.0 Å². The van der Waals surface area contributed by atoms with E-state index in [1.54, 1.807) is 5.92 Å². The summed E-state index contributed by atoms with van der Waals surface area (Å²) in [6.07, 6.45) is 10.2. The summed E-state index contributed by atoms with van der Waals surface area (Å²) in [5.41, 5.74) is -0.0571. The smallest absolute Gasteiger partial charge is 0.211 e. The van der Waals surface area contributed by atoms with Crippen molar-refractivity contribution in [3.8, 4) is 0 Å². The predicted molar refractivity (Wildman–Crippen MR) is 147 cm³/mol. The minimum atomic E-state index is -3.41. The molecular formula is C31H48NO6S. The van der Waals surface area contributed by atoms with E-state index in [2.05, 4.69) is 34.6 Å². The van der Waals surface area contributed by atoms with Crippen LogP contribution < -0.4 is 0 Å². The maximum atomic E-state index is 12.6. The lowest BCUT2D eigenvalue weighted by Gasteiger charge is -2.63. The number of rotatable bonds is 4. The number of fused-ring (bicyclic) bond motifs is 4. The Labute approximate surface area is 235 Å². The van der Waals surface area contributed by atoms with Crippen molar-refractivity contribution in [1.29, 1.82) is 0 Å². The van der Waals surface area contributed by atoms with Gasteiger partial charge in [-0.05, 0) is 90.8 Å². The summed E-state index contributed by atoms with van der Waals surface area (Å²) in [7, 11) is -3.41. The van der Waals surface area contributed by atoms with Gasteiger partial charge in [0.25, 0.3) is 0 Å². The van der Waals surface area contributed by atoms with E-state index in [0.717, 1.165) is 44.3 Å². The van der Waals surface area contributed by atoms with E-state index in [-0.39, 0.29) is 57.6 Å². The molecule has 39 heavy (non-hydrogen) atoms. The number of hydrogen-bond donors (Lipinski definition) is 2. The van der Waals surface area contributed by atoms with E-state index in [1.165, 1.54) is 23.4 Å². The molecule has 2 spiro atoms. The summed E-state index contributed by atoms with van der Waals surface area (Å²) in [4.78, 5) is 0. The quantitative estimate of drug-likeness (QED) is 0.536. The lowest BCUT2D eigenvalue weighted by atomic mass is 9.41. The first kappa shape index (κ1) is 27.6. The Hall–Kier alpha value is -0.250. The van der Waals surface area contributed by atoms with Crippen LogP contribution in [0, 0.1) is 63.0 Å². The maximum absolute atomic E-state index is 12.6. The van der Waals surface area contributed by atoms with E-state index in [0.29, 0.717) is 25.6 Å². The van der Waals surface area contributed by atoms with Crippen molar-refractivity contribution in [2.45, 2.75) is 104 Å². The Morgan fingerprint density at radius 1 is 1.05 bits per heavy atom. The molecule has 7 nitrogen and oxygen atoms in total. The monoisotopic (exact) mass is 562 g/mol. The lowest BCUT2D eigenvalue weighted by Crippen LogP contribution is -2.58. The number of aliphatic hydroxyl groups is 2. The van der Waals surface area contributed by atoms with Gasteiger partial charge in [0.15, 0.2) is 0 Å². The molecule has 7 fully saturated rings. The number of sulfonamides is 1. The first-order valence-corrected chi connectivity index (χ1v) is 17.1. The van der Waals surface area contributed by atoms with Crippen LogP contribution in [0.5, 0.6) is 0 Å². The second kappa shape index (κ2) is 8.22. The van der Waals surface area contributed by atoms with Gasteiger partial charge in [0.05, 0.1) is 37.7 Å². The third kappa shape index (κ3) is 3.25. The second-order valence-corrected chi connectivity index (χ2v) is 17.5. The maximum Gasteiger partial charge on any atom is 0.211 e. The fraction of sp³-hybridized carbons (Fsp3) is 0.903. The molecule has 0 aromatic heterocycles. The molecule has 2 N–H and O–H groups in total. The minimum absolute atomic E-state index is 0.0651. The molecule has 1 unspecified atom stereocenters. The van der Waals surface area contributed by atoms with Crippen LogP contribution in [0.4, 0.5) is 0 Å². The molecule has 0 aromatic carbocycles. The zero-order valence-electron chi connectivity index (χ0n) is 24.6. The van der Waals surface area contributed by atoms with Gasteiger partial charge in [0.2, 0.25) is 10.0 Å². The van der Waals surface area contributed by atoms with Gasteiger partial charge >= 0.3 is 0 Å². The van der Waals surface area contributed by atoms with Crippen LogP contribution in [0.15, 0.2) is 0 Å². The van der Waals surface area contributed by atoms with Crippen LogP contribution in [0.25, 0.3) is 0 Å². The highest BCUT2D eigenvalue weighted by Gasteiger charge is 2.85. The van der Waals surface area contributed by atoms with Crippen molar-refractivity contribution in [3.05, 3.63) is 18.1 Å². The largest absolute Gasteiger partial charge is 0.393 e. The van der Waals surface area contributed by atoms with E-state index in [9.17, 15) is 18.6 Å². The molecule has 3 radical (unpaired) electrons. The van der Waals surface area contributed by atoms with Crippen molar-refractivity contribution in [3.63, 3.8) is 0 Å². The first-order chi connectivity index (χ1) is 18.1. The second-order valence-electron chi connectivity index (χ2n) is 15.6. The molecule has 9 atom stereocenters. The molecule has 219 valence electrons. The zero-order chi connectivity index (χ0) is 28.0. The van der Waals surface area contributed by atoms with Gasteiger partial charge in [-0.1, -0.05) is 34.6 Å². The molecule has 5 aliphatic carbocycles. The van der Waals surface area contributed by atoms with E-state index in [1.807, 2.05) is 0 Å². The van der Waals surface area contributed by atoms with Gasteiger partial charge in [-0.25, -0.2) is 8.42 Å². The molecule has 2 aliphatic heterocycles. The molecule has 5 saturated carbocycles. The summed E-state index contributed by atoms with van der Waals surface area (Å²) in [6, 6.07) is -0.143. The molecule has 7 rings (SSSR count). The van der Waals surface area contributed by atoms with Crippen LogP contribution in [0.1, 0.15) is 86.0 Å². The van der Waals surface area contributed by atoms with Gasteiger partial charge in [0.1, 0.15) is 12.2 Å². The average molecular weight is 563 g/mol. The Balaban J connectivity index is 1.19. The molecule has 2 heterocycles. The molecule has 2 saturated heterocycles. The highest BCUT2D eigenvalue weighted by atomic mass is 32.2. The van der Waals surface area contributed by atoms with Gasteiger partial charge in [0, 0.05) is 17.9 Å². The average Bonchev–Trinajstić information content (AvgIpc) is 3.45. The van der Waals surface area contributed by atoms with Crippen LogP contribution in [-0.4, -0.2) is 67.2 Å². The lowest BCUT2D eigenvalue weighted by molar-refractivity contribution is -0.125. The number of ether oxygens (including phenoxy) is 2. The molecule has 0 amide bonds. The summed E-state index contributed by atoms with van der Waals surface area (Å²) in [5, 5.41) is 23.2. The molecule has 0 bridgehead atoms. The fourth-order valence-electron chi connectivity index (χ4n) is 11.7. The standard InChI is InChI=1S/C31H48NO6S/c1-18-13-20(14-32(39(6,35)36)19-15-37-16-19)38-25-24(18)28(4)11-12-31-17-30(31)10-9-23(33)27(2,3)21(30)7-8-22(31)29(28,5)26(25)34/h18-19,21,23-24,26,33-34H,7-17H2,1-6H3/t18-,21+,23?,24+,26+,28-,29-,30-,31+/m1/s1. The summed E-state index contributed by atoms with van der Waals surface area (Å²) in [5.74, 6) is 2.55. The third-order valence-electron chi connectivity index (χ3n) is 13.9. The molecule has 7 aliphatic rings. The third-order valence-corrected chi connectivity index (χ3v) is 15.1. The molecule has 8 heteroatoms. The zero-order valence-corrected chi connectivity index (χ0v) is 25.4. The Morgan fingerprint density at radius 2 is 1.77 bits per heavy atom. The van der Waals surface area contributed by atoms with Crippen LogP contribution in [0.3, 0.4) is 0 Å². The highest BCUT2D eigenvalue weighted by molar-refractivity contribution is 7.88. The van der Waals surface area contributed by atoms with Crippen molar-refractivity contribution in [2.75, 3.05) is 26.0 Å². The SMILES string of the molecule is C[C@@H]1C[C](CN(C2COC2)S(C)(=O)=O)O[C]2[C@H]1[C@@]1(C)CC[C@@]34C[C@@]35CCC(O)C(C)(C)[C@@H]5CC[C]4[C@]1(C)[C@H]2O. The topological polar surface area (TPSA) is 96.3 Å². The minimum Gasteiger partial charge on any atom is -0.393 e. The van der Waals surface area contributed by atoms with Gasteiger partial charge in [-0.2, -0.15) is 4.31 Å². The van der Waals surface area contributed by atoms with Crippen LogP contribution in [0.2, 0.25) is 0 Å². The van der Waals surface area contributed by atoms with E-state index in [4.69, 9.17) is 9.47 Å². The number of hydrogen-bond acceptors (Lipinski definition) is 6. The summed E-state index contributed by atoms with van der Waals surface area (Å²) < 4.78 is 38.7. The van der Waals surface area contributed by atoms with E-state index >= 15 is 0 Å². The number of aliphatic hydroxyl groups excluding tert-OH is 2. The van der Waals surface area contributed by atoms with Gasteiger partial charge in [-0.15, -0.1) is 0 Å². The summed E-state index contributed by atoms with van der Waals surface area (Å²) in [6.45, 7) is 12.6. The normalized spacial score (nSPS) is 51.9. The van der Waals surface area contributed by atoms with Crippen LogP contribution >= 0.6 is 0 Å². The number of nitrogens with zero attached hydrogens (tertiary/aromatic N) is 1. The van der Waals surface area contributed by atoms with Gasteiger partial charge in [-0.3, -0.25) is 0 Å². The van der Waals surface area contributed by atoms with Crippen molar-refractivity contribution in [1.82, 2.24) is 4.31 Å². The molecular weight excluding hydrogens is 514 g/mol. The fourth-order valence-corrected chi connectivity index (χ4v) is 12.7. The first-order valence-electron chi connectivity index (χ1n) is 15.3. The van der Waals surface area contributed by atoms with Gasteiger partial charge < -0.3 is 19.7 Å². The van der Waals surface area contributed by atoms with Crippen molar-refractivity contribution in [2.24, 2.45) is 44.8 Å². The van der Waals surface area contributed by atoms with E-state index < -0.39 is 16.1 Å². The Morgan fingerprint density at radius 3 is 2.41 bits per heavy atom. The summed E-state index contributed by atoms with van der Waals surface area (Å²) >= 11 is 0. The predicted octanol–water partition coefficient (Wildman–Crippen LogP) is 4.11.